The molecule has 0 heterocycles. The summed E-state index contributed by atoms with van der Waals surface area (Å²) in [6.45, 7) is 0.757. The van der Waals surface area contributed by atoms with Gasteiger partial charge in [-0.05, 0) is 38.4 Å². The number of nitrogens with zero attached hydrogens (tertiary/aromatic N) is 1. The van der Waals surface area contributed by atoms with Crippen LogP contribution in [0.3, 0.4) is 0 Å². The molecular formula is C14H15F3N2O2. The van der Waals surface area contributed by atoms with Gasteiger partial charge >= 0.3 is 6.36 Å². The van der Waals surface area contributed by atoms with Gasteiger partial charge in [-0.2, -0.15) is 0 Å². The number of carbonyl (C=O) groups excluding carboxylic acids is 1. The molecule has 0 radical (unpaired) electrons. The van der Waals surface area contributed by atoms with Gasteiger partial charge < -0.3 is 10.1 Å². The first-order valence-corrected chi connectivity index (χ1v) is 6.02. The number of amides is 1. The minimum Gasteiger partial charge on any atom is -0.406 e. The number of hydrogen-bond acceptors (Lipinski definition) is 3. The summed E-state index contributed by atoms with van der Waals surface area (Å²) >= 11 is 0. The second-order valence-electron chi connectivity index (χ2n) is 4.35. The van der Waals surface area contributed by atoms with Crippen LogP contribution in [0, 0.1) is 11.8 Å². The topological polar surface area (TPSA) is 41.6 Å². The fourth-order valence-electron chi connectivity index (χ4n) is 1.31. The Morgan fingerprint density at radius 1 is 1.24 bits per heavy atom. The highest BCUT2D eigenvalue weighted by Crippen LogP contribution is 2.22. The van der Waals surface area contributed by atoms with Crippen LogP contribution in [0.2, 0.25) is 0 Å². The largest absolute Gasteiger partial charge is 0.573 e. The third-order valence-electron chi connectivity index (χ3n) is 2.21. The Morgan fingerprint density at radius 3 is 2.38 bits per heavy atom. The van der Waals surface area contributed by atoms with E-state index in [1.165, 1.54) is 12.1 Å². The van der Waals surface area contributed by atoms with Crippen LogP contribution in [0.25, 0.3) is 0 Å². The molecule has 1 aromatic rings. The Balaban J connectivity index is 2.49. The minimum atomic E-state index is -4.74. The maximum atomic E-state index is 12.0. The maximum Gasteiger partial charge on any atom is 0.573 e. The summed E-state index contributed by atoms with van der Waals surface area (Å²) in [7, 11) is 3.75. The molecule has 0 aliphatic carbocycles. The molecule has 4 nitrogen and oxygen atoms in total. The van der Waals surface area contributed by atoms with E-state index >= 15 is 0 Å². The van der Waals surface area contributed by atoms with Gasteiger partial charge in [0.1, 0.15) is 5.75 Å². The standard InChI is InChI=1S/C14H15F3N2O2/c1-19(2)10-4-3-9-18-13(20)11-5-7-12(8-6-11)21-14(15,16)17/h5-8H,9-10H2,1-2H3,(H,18,20). The average molecular weight is 300 g/mol. The SMILES string of the molecule is CN(C)CC#CCNC(=O)c1ccc(OC(F)(F)F)cc1. The van der Waals surface area contributed by atoms with Gasteiger partial charge in [0.2, 0.25) is 0 Å². The van der Waals surface area contributed by atoms with Gasteiger partial charge in [-0.3, -0.25) is 9.69 Å². The molecule has 0 unspecified atom stereocenters. The van der Waals surface area contributed by atoms with Crippen molar-refractivity contribution in [3.8, 4) is 17.6 Å². The third kappa shape index (κ3) is 7.22. The van der Waals surface area contributed by atoms with Crippen LogP contribution in [0.1, 0.15) is 10.4 Å². The van der Waals surface area contributed by atoms with E-state index in [-0.39, 0.29) is 17.9 Å². The molecule has 0 fully saturated rings. The Hall–Kier alpha value is -2.20. The molecule has 114 valence electrons. The zero-order chi connectivity index (χ0) is 15.9. The number of nitrogens with one attached hydrogen (secondary N) is 1. The van der Waals surface area contributed by atoms with E-state index in [9.17, 15) is 18.0 Å². The number of ether oxygens (including phenoxy) is 1. The number of benzene rings is 1. The molecule has 1 rings (SSSR count). The molecule has 0 aliphatic rings. The number of hydrogen-bond donors (Lipinski definition) is 1. The summed E-state index contributed by atoms with van der Waals surface area (Å²) in [4.78, 5) is 13.6. The van der Waals surface area contributed by atoms with Crippen molar-refractivity contribution in [3.05, 3.63) is 29.8 Å². The van der Waals surface area contributed by atoms with E-state index in [0.717, 1.165) is 12.1 Å². The highest BCUT2D eigenvalue weighted by Gasteiger charge is 2.31. The summed E-state index contributed by atoms with van der Waals surface area (Å²) in [6, 6.07) is 4.67. The van der Waals surface area contributed by atoms with Crippen molar-refractivity contribution >= 4 is 5.91 Å². The average Bonchev–Trinajstić information content (AvgIpc) is 2.36. The lowest BCUT2D eigenvalue weighted by atomic mass is 10.2. The summed E-state index contributed by atoms with van der Waals surface area (Å²) in [5.41, 5.74) is 0.235. The van der Waals surface area contributed by atoms with E-state index in [4.69, 9.17) is 0 Å². The molecule has 0 saturated heterocycles. The van der Waals surface area contributed by atoms with Crippen LogP contribution < -0.4 is 10.1 Å². The zero-order valence-electron chi connectivity index (χ0n) is 11.6. The number of halogens is 3. The Labute approximate surface area is 120 Å². The normalized spacial score (nSPS) is 10.8. The fraction of sp³-hybridized carbons (Fsp3) is 0.357. The molecule has 1 aromatic carbocycles. The van der Waals surface area contributed by atoms with Crippen molar-refractivity contribution in [3.63, 3.8) is 0 Å². The van der Waals surface area contributed by atoms with Crippen molar-refractivity contribution < 1.29 is 22.7 Å². The molecule has 0 spiro atoms. The Morgan fingerprint density at radius 2 is 1.86 bits per heavy atom. The van der Waals surface area contributed by atoms with E-state index in [2.05, 4.69) is 21.9 Å². The van der Waals surface area contributed by atoms with Gasteiger partial charge in [0, 0.05) is 5.56 Å². The van der Waals surface area contributed by atoms with Crippen LogP contribution in [-0.4, -0.2) is 44.4 Å². The van der Waals surface area contributed by atoms with E-state index < -0.39 is 12.3 Å². The molecule has 0 aromatic heterocycles. The number of rotatable bonds is 4. The minimum absolute atomic E-state index is 0.174. The molecule has 0 aliphatic heterocycles. The molecule has 0 atom stereocenters. The van der Waals surface area contributed by atoms with Gasteiger partial charge in [-0.1, -0.05) is 11.8 Å². The predicted octanol–water partition coefficient (Wildman–Crippen LogP) is 1.88. The van der Waals surface area contributed by atoms with E-state index in [0.29, 0.717) is 6.54 Å². The quantitative estimate of drug-likeness (QED) is 0.863. The van der Waals surface area contributed by atoms with Crippen LogP contribution >= 0.6 is 0 Å². The van der Waals surface area contributed by atoms with Crippen molar-refractivity contribution in [1.82, 2.24) is 10.2 Å². The van der Waals surface area contributed by atoms with Gasteiger partial charge in [-0.25, -0.2) is 0 Å². The van der Waals surface area contributed by atoms with Crippen molar-refractivity contribution in [2.24, 2.45) is 0 Å². The summed E-state index contributed by atoms with van der Waals surface area (Å²) in [5, 5.41) is 2.55. The Bertz CT molecular complexity index is 528. The lowest BCUT2D eigenvalue weighted by molar-refractivity contribution is -0.274. The smallest absolute Gasteiger partial charge is 0.406 e. The lowest BCUT2D eigenvalue weighted by Crippen LogP contribution is -2.24. The predicted molar refractivity (Wildman–Crippen MR) is 71.8 cm³/mol. The summed E-state index contributed by atoms with van der Waals surface area (Å²) in [6.07, 6.45) is -4.74. The van der Waals surface area contributed by atoms with Gasteiger partial charge in [0.15, 0.2) is 0 Å². The summed E-state index contributed by atoms with van der Waals surface area (Å²) in [5.74, 6) is 4.83. The van der Waals surface area contributed by atoms with Crippen molar-refractivity contribution in [1.29, 1.82) is 0 Å². The lowest BCUT2D eigenvalue weighted by Gasteiger charge is -2.09. The van der Waals surface area contributed by atoms with Crippen LogP contribution in [0.4, 0.5) is 13.2 Å². The molecule has 1 N–H and O–H groups in total. The monoisotopic (exact) mass is 300 g/mol. The van der Waals surface area contributed by atoms with Gasteiger partial charge in [-0.15, -0.1) is 13.2 Å². The fourth-order valence-corrected chi connectivity index (χ4v) is 1.31. The highest BCUT2D eigenvalue weighted by molar-refractivity contribution is 5.94. The number of carbonyl (C=O) groups is 1. The molecule has 7 heteroatoms. The maximum absolute atomic E-state index is 12.0. The second kappa shape index (κ2) is 7.55. The molecule has 1 amide bonds. The first-order valence-electron chi connectivity index (χ1n) is 6.02. The van der Waals surface area contributed by atoms with Gasteiger partial charge in [0.05, 0.1) is 13.1 Å². The van der Waals surface area contributed by atoms with Gasteiger partial charge in [0.25, 0.3) is 5.91 Å². The van der Waals surface area contributed by atoms with E-state index in [1.54, 1.807) is 0 Å². The Kier molecular flexibility index (Phi) is 6.06. The highest BCUT2D eigenvalue weighted by atomic mass is 19.4. The van der Waals surface area contributed by atoms with Crippen molar-refractivity contribution in [2.75, 3.05) is 27.2 Å². The first kappa shape index (κ1) is 16.9. The molecule has 21 heavy (non-hydrogen) atoms. The molecule has 0 saturated carbocycles. The number of alkyl halides is 3. The molecule has 0 bridgehead atoms. The third-order valence-corrected chi connectivity index (χ3v) is 2.21. The molecular weight excluding hydrogens is 285 g/mol. The van der Waals surface area contributed by atoms with Crippen LogP contribution in [0.15, 0.2) is 24.3 Å². The zero-order valence-corrected chi connectivity index (χ0v) is 11.6. The second-order valence-corrected chi connectivity index (χ2v) is 4.35. The summed E-state index contributed by atoms with van der Waals surface area (Å²) < 4.78 is 39.6. The first-order chi connectivity index (χ1) is 9.78. The van der Waals surface area contributed by atoms with E-state index in [1.807, 2.05) is 19.0 Å². The van der Waals surface area contributed by atoms with Crippen LogP contribution in [-0.2, 0) is 0 Å². The van der Waals surface area contributed by atoms with Crippen LogP contribution in [0.5, 0.6) is 5.75 Å². The van der Waals surface area contributed by atoms with Crippen molar-refractivity contribution in [2.45, 2.75) is 6.36 Å².